The minimum absolute atomic E-state index is 0.0249. The van der Waals surface area contributed by atoms with Crippen LogP contribution in [-0.4, -0.2) is 47.9 Å². The Balaban J connectivity index is 2.01. The van der Waals surface area contributed by atoms with Crippen molar-refractivity contribution in [2.24, 2.45) is 5.92 Å². The summed E-state index contributed by atoms with van der Waals surface area (Å²) in [5, 5.41) is 2.86. The molecule has 1 aliphatic heterocycles. The molecule has 0 aromatic heterocycles. The highest BCUT2D eigenvalue weighted by Gasteiger charge is 2.40. The third-order valence-electron chi connectivity index (χ3n) is 3.16. The maximum atomic E-state index is 12.2. The van der Waals surface area contributed by atoms with Gasteiger partial charge in [0.15, 0.2) is 0 Å². The molecular formula is C11H18N2O2S. The Labute approximate surface area is 100 Å². The van der Waals surface area contributed by atoms with Gasteiger partial charge in [-0.05, 0) is 25.0 Å². The van der Waals surface area contributed by atoms with E-state index in [1.54, 1.807) is 11.8 Å². The van der Waals surface area contributed by atoms with Gasteiger partial charge in [0.2, 0.25) is 11.8 Å². The second-order valence-electron chi connectivity index (χ2n) is 4.45. The molecule has 2 aliphatic rings. The van der Waals surface area contributed by atoms with E-state index < -0.39 is 0 Å². The molecule has 1 saturated heterocycles. The summed E-state index contributed by atoms with van der Waals surface area (Å²) in [5.74, 6) is 1.49. The average molecular weight is 242 g/mol. The molecule has 1 unspecified atom stereocenters. The molecular weight excluding hydrogens is 224 g/mol. The summed E-state index contributed by atoms with van der Waals surface area (Å²) in [6, 6.07) is -0.239. The number of nitrogens with zero attached hydrogens (tertiary/aromatic N) is 1. The van der Waals surface area contributed by atoms with Crippen LogP contribution in [0.5, 0.6) is 0 Å². The predicted octanol–water partition coefficient (Wildman–Crippen LogP) is 0.476. The zero-order chi connectivity index (χ0) is 11.5. The first kappa shape index (κ1) is 11.8. The minimum atomic E-state index is -0.239. The normalized spacial score (nSPS) is 26.6. The lowest BCUT2D eigenvalue weighted by Crippen LogP contribution is -2.46. The molecule has 0 bridgehead atoms. The van der Waals surface area contributed by atoms with Gasteiger partial charge in [0.05, 0.1) is 0 Å². The van der Waals surface area contributed by atoms with Crippen molar-refractivity contribution in [1.82, 2.24) is 10.2 Å². The van der Waals surface area contributed by atoms with Crippen molar-refractivity contribution in [3.63, 3.8) is 0 Å². The van der Waals surface area contributed by atoms with Crippen molar-refractivity contribution in [2.45, 2.75) is 25.3 Å². The first-order chi connectivity index (χ1) is 7.72. The van der Waals surface area contributed by atoms with Crippen LogP contribution < -0.4 is 5.32 Å². The quantitative estimate of drug-likeness (QED) is 0.780. The Morgan fingerprint density at radius 2 is 2.19 bits per heavy atom. The molecule has 5 heteroatoms. The molecule has 0 aromatic rings. The number of nitrogens with one attached hydrogen (secondary N) is 1. The standard InChI is InChI=1S/C11H18N2O2S/c1-16-7-6-13-5-4-9(14)12-10(11(13)15)8-2-3-8/h8,10H,2-7H2,1H3,(H,12,14). The Bertz CT molecular complexity index is 292. The van der Waals surface area contributed by atoms with Gasteiger partial charge in [-0.15, -0.1) is 0 Å². The fourth-order valence-electron chi connectivity index (χ4n) is 2.02. The number of rotatable bonds is 4. The number of carbonyl (C=O) groups is 2. The van der Waals surface area contributed by atoms with Crippen LogP contribution in [0.25, 0.3) is 0 Å². The van der Waals surface area contributed by atoms with Crippen LogP contribution >= 0.6 is 11.8 Å². The van der Waals surface area contributed by atoms with Crippen LogP contribution in [-0.2, 0) is 9.59 Å². The van der Waals surface area contributed by atoms with Crippen molar-refractivity contribution >= 4 is 23.6 Å². The largest absolute Gasteiger partial charge is 0.344 e. The SMILES string of the molecule is CSCCN1CCC(=O)NC(C2CC2)C1=O. The summed E-state index contributed by atoms with van der Waals surface area (Å²) in [4.78, 5) is 25.5. The van der Waals surface area contributed by atoms with Gasteiger partial charge in [-0.3, -0.25) is 9.59 Å². The van der Waals surface area contributed by atoms with Crippen molar-refractivity contribution in [1.29, 1.82) is 0 Å². The molecule has 2 amide bonds. The molecule has 90 valence electrons. The summed E-state index contributed by atoms with van der Waals surface area (Å²) in [5.41, 5.74) is 0. The highest BCUT2D eigenvalue weighted by molar-refractivity contribution is 7.98. The molecule has 0 spiro atoms. The van der Waals surface area contributed by atoms with E-state index in [-0.39, 0.29) is 17.9 Å². The summed E-state index contributed by atoms with van der Waals surface area (Å²) in [6.45, 7) is 1.34. The maximum Gasteiger partial charge on any atom is 0.245 e. The van der Waals surface area contributed by atoms with Gasteiger partial charge in [-0.2, -0.15) is 11.8 Å². The van der Waals surface area contributed by atoms with Crippen molar-refractivity contribution in [2.75, 3.05) is 25.1 Å². The van der Waals surface area contributed by atoms with E-state index in [4.69, 9.17) is 0 Å². The lowest BCUT2D eigenvalue weighted by molar-refractivity contribution is -0.133. The van der Waals surface area contributed by atoms with E-state index in [9.17, 15) is 9.59 Å². The van der Waals surface area contributed by atoms with Crippen molar-refractivity contribution < 1.29 is 9.59 Å². The Hall–Kier alpha value is -0.710. The molecule has 1 saturated carbocycles. The second-order valence-corrected chi connectivity index (χ2v) is 5.44. The van der Waals surface area contributed by atoms with E-state index in [0.29, 0.717) is 18.9 Å². The van der Waals surface area contributed by atoms with Crippen LogP contribution in [0.2, 0.25) is 0 Å². The first-order valence-corrected chi connectivity index (χ1v) is 7.19. The number of hydrogen-bond acceptors (Lipinski definition) is 3. The third-order valence-corrected chi connectivity index (χ3v) is 3.75. The number of thioether (sulfide) groups is 1. The van der Waals surface area contributed by atoms with Gasteiger partial charge in [-0.1, -0.05) is 0 Å². The van der Waals surface area contributed by atoms with E-state index in [1.807, 2.05) is 11.2 Å². The second kappa shape index (κ2) is 5.08. The van der Waals surface area contributed by atoms with E-state index >= 15 is 0 Å². The third kappa shape index (κ3) is 2.70. The van der Waals surface area contributed by atoms with Gasteiger partial charge in [0, 0.05) is 25.3 Å². The topological polar surface area (TPSA) is 49.4 Å². The van der Waals surface area contributed by atoms with Crippen LogP contribution in [0, 0.1) is 5.92 Å². The minimum Gasteiger partial charge on any atom is -0.344 e. The summed E-state index contributed by atoms with van der Waals surface area (Å²) < 4.78 is 0. The number of hydrogen-bond donors (Lipinski definition) is 1. The highest BCUT2D eigenvalue weighted by atomic mass is 32.2. The molecule has 2 rings (SSSR count). The zero-order valence-corrected chi connectivity index (χ0v) is 10.4. The lowest BCUT2D eigenvalue weighted by Gasteiger charge is -2.23. The Morgan fingerprint density at radius 1 is 1.44 bits per heavy atom. The van der Waals surface area contributed by atoms with Gasteiger partial charge in [-0.25, -0.2) is 0 Å². The van der Waals surface area contributed by atoms with Gasteiger partial charge in [0.1, 0.15) is 6.04 Å². The zero-order valence-electron chi connectivity index (χ0n) is 9.57. The van der Waals surface area contributed by atoms with Crippen LogP contribution in [0.15, 0.2) is 0 Å². The van der Waals surface area contributed by atoms with Gasteiger partial charge >= 0.3 is 0 Å². The molecule has 1 atom stereocenters. The Morgan fingerprint density at radius 3 is 2.81 bits per heavy atom. The monoisotopic (exact) mass is 242 g/mol. The van der Waals surface area contributed by atoms with E-state index in [0.717, 1.165) is 25.1 Å². The summed E-state index contributed by atoms with van der Waals surface area (Å²) in [7, 11) is 0. The fraction of sp³-hybridized carbons (Fsp3) is 0.818. The average Bonchev–Trinajstić information content (AvgIpc) is 3.08. The highest BCUT2D eigenvalue weighted by Crippen LogP contribution is 2.34. The molecule has 2 fully saturated rings. The molecule has 1 aliphatic carbocycles. The fourth-order valence-corrected chi connectivity index (χ4v) is 2.43. The molecule has 16 heavy (non-hydrogen) atoms. The van der Waals surface area contributed by atoms with Crippen LogP contribution in [0.4, 0.5) is 0 Å². The van der Waals surface area contributed by atoms with Gasteiger partial charge in [0.25, 0.3) is 0 Å². The van der Waals surface area contributed by atoms with Crippen molar-refractivity contribution in [3.05, 3.63) is 0 Å². The molecule has 0 aromatic carbocycles. The lowest BCUT2D eigenvalue weighted by atomic mass is 10.1. The molecule has 1 N–H and O–H groups in total. The number of carbonyl (C=O) groups excluding carboxylic acids is 2. The Kier molecular flexibility index (Phi) is 3.74. The predicted molar refractivity (Wildman–Crippen MR) is 64.2 cm³/mol. The maximum absolute atomic E-state index is 12.2. The summed E-state index contributed by atoms with van der Waals surface area (Å²) in [6.07, 6.45) is 4.63. The van der Waals surface area contributed by atoms with Crippen LogP contribution in [0.1, 0.15) is 19.3 Å². The van der Waals surface area contributed by atoms with E-state index in [1.165, 1.54) is 0 Å². The molecule has 4 nitrogen and oxygen atoms in total. The molecule has 1 heterocycles. The smallest absolute Gasteiger partial charge is 0.245 e. The first-order valence-electron chi connectivity index (χ1n) is 5.79. The van der Waals surface area contributed by atoms with Crippen molar-refractivity contribution in [3.8, 4) is 0 Å². The molecule has 0 radical (unpaired) electrons. The summed E-state index contributed by atoms with van der Waals surface area (Å²) >= 11 is 1.73. The number of amides is 2. The van der Waals surface area contributed by atoms with Gasteiger partial charge < -0.3 is 10.2 Å². The van der Waals surface area contributed by atoms with E-state index in [2.05, 4.69) is 5.32 Å². The van der Waals surface area contributed by atoms with Crippen LogP contribution in [0.3, 0.4) is 0 Å².